The molecule has 0 aliphatic heterocycles. The predicted octanol–water partition coefficient (Wildman–Crippen LogP) is 0.496. The Balaban J connectivity index is 4.53. The largest absolute Gasteiger partial charge is 0.468 e. The molecular weight excluding hydrogens is 220 g/mol. The minimum Gasteiger partial charge on any atom is -0.468 e. The molecule has 1 atom stereocenters. The summed E-state index contributed by atoms with van der Waals surface area (Å²) in [6, 6.07) is 0. The molecular formula is C12H26N2O3. The fourth-order valence-corrected chi connectivity index (χ4v) is 1.82. The third-order valence-corrected chi connectivity index (χ3v) is 2.80. The van der Waals surface area contributed by atoms with Gasteiger partial charge in [0.15, 0.2) is 0 Å². The molecule has 0 saturated heterocycles. The topological polar surface area (TPSA) is 50.8 Å². The van der Waals surface area contributed by atoms with E-state index in [9.17, 15) is 4.79 Å². The molecule has 5 heteroatoms. The van der Waals surface area contributed by atoms with Crippen LogP contribution in [0.5, 0.6) is 0 Å². The van der Waals surface area contributed by atoms with Crippen molar-refractivity contribution in [3.8, 4) is 0 Å². The van der Waals surface area contributed by atoms with Gasteiger partial charge in [-0.15, -0.1) is 0 Å². The zero-order valence-corrected chi connectivity index (χ0v) is 11.7. The van der Waals surface area contributed by atoms with Gasteiger partial charge in [-0.1, -0.05) is 13.8 Å². The normalized spacial score (nSPS) is 14.7. The number of likely N-dealkylation sites (N-methyl/N-ethyl adjacent to an activating group) is 2. The highest BCUT2D eigenvalue weighted by molar-refractivity contribution is 5.80. The second-order valence-corrected chi connectivity index (χ2v) is 4.22. The molecule has 0 aromatic carbocycles. The quantitative estimate of drug-likeness (QED) is 0.600. The van der Waals surface area contributed by atoms with Gasteiger partial charge >= 0.3 is 5.97 Å². The smallest absolute Gasteiger partial charge is 0.327 e. The van der Waals surface area contributed by atoms with Crippen molar-refractivity contribution in [3.05, 3.63) is 0 Å². The van der Waals surface area contributed by atoms with Gasteiger partial charge in [0.25, 0.3) is 0 Å². The van der Waals surface area contributed by atoms with E-state index in [2.05, 4.69) is 17.1 Å². The van der Waals surface area contributed by atoms with Crippen molar-refractivity contribution < 1.29 is 14.3 Å². The van der Waals surface area contributed by atoms with Gasteiger partial charge in [0.1, 0.15) is 5.54 Å². The van der Waals surface area contributed by atoms with Crippen molar-refractivity contribution in [2.75, 3.05) is 47.0 Å². The summed E-state index contributed by atoms with van der Waals surface area (Å²) >= 11 is 0. The Hall–Kier alpha value is -0.650. The van der Waals surface area contributed by atoms with Gasteiger partial charge in [-0.25, -0.2) is 0 Å². The van der Waals surface area contributed by atoms with E-state index in [0.29, 0.717) is 13.2 Å². The Morgan fingerprint density at radius 1 is 1.35 bits per heavy atom. The summed E-state index contributed by atoms with van der Waals surface area (Å²) in [6.07, 6.45) is 0. The second-order valence-electron chi connectivity index (χ2n) is 4.22. The van der Waals surface area contributed by atoms with Crippen LogP contribution < -0.4 is 5.32 Å². The summed E-state index contributed by atoms with van der Waals surface area (Å²) in [6.45, 7) is 9.62. The molecule has 5 nitrogen and oxygen atoms in total. The maximum atomic E-state index is 11.8. The number of carbonyl (C=O) groups is 1. The number of methoxy groups -OCH3 is 2. The Labute approximate surface area is 104 Å². The van der Waals surface area contributed by atoms with Crippen LogP contribution in [0, 0.1) is 0 Å². The number of esters is 1. The van der Waals surface area contributed by atoms with Crippen molar-refractivity contribution in [3.63, 3.8) is 0 Å². The minimum atomic E-state index is -0.659. The SMILES string of the molecule is CCNC(C)(CN(CC)CCOC)C(=O)OC. The molecule has 1 N–H and O–H groups in total. The first-order valence-corrected chi connectivity index (χ1v) is 6.08. The molecule has 0 saturated carbocycles. The van der Waals surface area contributed by atoms with E-state index in [-0.39, 0.29) is 5.97 Å². The van der Waals surface area contributed by atoms with Crippen LogP contribution in [-0.4, -0.2) is 63.4 Å². The molecule has 0 radical (unpaired) electrons. The van der Waals surface area contributed by atoms with Gasteiger partial charge in [-0.05, 0) is 20.0 Å². The highest BCUT2D eigenvalue weighted by Gasteiger charge is 2.34. The summed E-state index contributed by atoms with van der Waals surface area (Å²) in [5.41, 5.74) is -0.659. The van der Waals surface area contributed by atoms with Crippen LogP contribution in [0.1, 0.15) is 20.8 Å². The molecule has 0 rings (SSSR count). The summed E-state index contributed by atoms with van der Waals surface area (Å²) < 4.78 is 9.92. The van der Waals surface area contributed by atoms with Crippen LogP contribution in [0.4, 0.5) is 0 Å². The van der Waals surface area contributed by atoms with Crippen molar-refractivity contribution in [2.24, 2.45) is 0 Å². The molecule has 0 fully saturated rings. The molecule has 0 aromatic heterocycles. The molecule has 1 unspecified atom stereocenters. The molecule has 17 heavy (non-hydrogen) atoms. The van der Waals surface area contributed by atoms with Gasteiger partial charge in [0.05, 0.1) is 13.7 Å². The first-order chi connectivity index (χ1) is 8.03. The predicted molar refractivity (Wildman–Crippen MR) is 68.1 cm³/mol. The lowest BCUT2D eigenvalue weighted by Gasteiger charge is -2.33. The zero-order chi connectivity index (χ0) is 13.3. The molecule has 102 valence electrons. The van der Waals surface area contributed by atoms with Crippen molar-refractivity contribution in [2.45, 2.75) is 26.3 Å². The van der Waals surface area contributed by atoms with Gasteiger partial charge < -0.3 is 14.8 Å². The number of hydrogen-bond acceptors (Lipinski definition) is 5. The van der Waals surface area contributed by atoms with Crippen LogP contribution in [0.25, 0.3) is 0 Å². The lowest BCUT2D eigenvalue weighted by atomic mass is 10.0. The first-order valence-electron chi connectivity index (χ1n) is 6.08. The van der Waals surface area contributed by atoms with Crippen LogP contribution in [0.15, 0.2) is 0 Å². The molecule has 0 aliphatic rings. The minimum absolute atomic E-state index is 0.227. The Bertz CT molecular complexity index is 224. The van der Waals surface area contributed by atoms with Crippen molar-refractivity contribution >= 4 is 5.97 Å². The highest BCUT2D eigenvalue weighted by Crippen LogP contribution is 2.09. The van der Waals surface area contributed by atoms with Gasteiger partial charge in [-0.2, -0.15) is 0 Å². The van der Waals surface area contributed by atoms with Crippen LogP contribution in [-0.2, 0) is 14.3 Å². The fraction of sp³-hybridized carbons (Fsp3) is 0.917. The molecule has 0 spiro atoms. The average molecular weight is 246 g/mol. The van der Waals surface area contributed by atoms with E-state index in [1.54, 1.807) is 7.11 Å². The van der Waals surface area contributed by atoms with Crippen molar-refractivity contribution in [1.29, 1.82) is 0 Å². The van der Waals surface area contributed by atoms with E-state index in [0.717, 1.165) is 19.6 Å². The van der Waals surface area contributed by atoms with E-state index in [4.69, 9.17) is 9.47 Å². The zero-order valence-electron chi connectivity index (χ0n) is 11.7. The maximum absolute atomic E-state index is 11.8. The fourth-order valence-electron chi connectivity index (χ4n) is 1.82. The third-order valence-electron chi connectivity index (χ3n) is 2.80. The van der Waals surface area contributed by atoms with Gasteiger partial charge in [-0.3, -0.25) is 9.69 Å². The van der Waals surface area contributed by atoms with E-state index in [1.165, 1.54) is 7.11 Å². The Morgan fingerprint density at radius 3 is 2.41 bits per heavy atom. The molecule has 0 amide bonds. The summed E-state index contributed by atoms with van der Waals surface area (Å²) in [5, 5.41) is 3.19. The lowest BCUT2D eigenvalue weighted by molar-refractivity contribution is -0.148. The number of ether oxygens (including phenoxy) is 2. The maximum Gasteiger partial charge on any atom is 0.327 e. The lowest BCUT2D eigenvalue weighted by Crippen LogP contribution is -2.57. The van der Waals surface area contributed by atoms with Crippen LogP contribution in [0.2, 0.25) is 0 Å². The third kappa shape index (κ3) is 5.48. The summed E-state index contributed by atoms with van der Waals surface area (Å²) in [7, 11) is 3.10. The monoisotopic (exact) mass is 246 g/mol. The average Bonchev–Trinajstić information content (AvgIpc) is 2.33. The number of hydrogen-bond donors (Lipinski definition) is 1. The first kappa shape index (κ1) is 16.4. The summed E-state index contributed by atoms with van der Waals surface area (Å²) in [5.74, 6) is -0.227. The molecule has 0 aromatic rings. The summed E-state index contributed by atoms with van der Waals surface area (Å²) in [4.78, 5) is 14.0. The van der Waals surface area contributed by atoms with E-state index >= 15 is 0 Å². The Morgan fingerprint density at radius 2 is 2.00 bits per heavy atom. The van der Waals surface area contributed by atoms with E-state index in [1.807, 2.05) is 13.8 Å². The Kier molecular flexibility index (Phi) is 8.12. The number of nitrogens with one attached hydrogen (secondary N) is 1. The standard InChI is InChI=1S/C12H26N2O3/c1-6-13-12(3,11(15)17-5)10-14(7-2)8-9-16-4/h13H,6-10H2,1-5H3. The van der Waals surface area contributed by atoms with Crippen LogP contribution in [0.3, 0.4) is 0 Å². The van der Waals surface area contributed by atoms with Gasteiger partial charge in [0, 0.05) is 20.2 Å². The highest BCUT2D eigenvalue weighted by atomic mass is 16.5. The molecule has 0 heterocycles. The van der Waals surface area contributed by atoms with Gasteiger partial charge in [0.2, 0.25) is 0 Å². The number of carbonyl (C=O) groups excluding carboxylic acids is 1. The second kappa shape index (κ2) is 8.44. The number of rotatable bonds is 9. The molecule has 0 bridgehead atoms. The van der Waals surface area contributed by atoms with E-state index < -0.39 is 5.54 Å². The van der Waals surface area contributed by atoms with Crippen LogP contribution >= 0.6 is 0 Å². The number of nitrogens with zero attached hydrogens (tertiary/aromatic N) is 1. The van der Waals surface area contributed by atoms with Crippen molar-refractivity contribution in [1.82, 2.24) is 10.2 Å². The molecule has 0 aliphatic carbocycles.